The van der Waals surface area contributed by atoms with E-state index in [0.717, 1.165) is 19.3 Å². The van der Waals surface area contributed by atoms with Gasteiger partial charge in [0, 0.05) is 5.54 Å². The summed E-state index contributed by atoms with van der Waals surface area (Å²) in [6.07, 6.45) is 4.92. The van der Waals surface area contributed by atoms with Gasteiger partial charge in [0.05, 0.1) is 0 Å². The topological polar surface area (TPSA) is 63.2 Å². The smallest absolute Gasteiger partial charge is 0.344 e. The molecule has 0 atom stereocenters. The maximum atomic E-state index is 13.2. The molecule has 0 unspecified atom stereocenters. The summed E-state index contributed by atoms with van der Waals surface area (Å²) < 4.78 is 59.8. The van der Waals surface area contributed by atoms with Crippen LogP contribution in [0.1, 0.15) is 38.5 Å². The molecule has 4 bridgehead atoms. The highest BCUT2D eigenvalue weighted by Crippen LogP contribution is 2.55. The lowest BCUT2D eigenvalue weighted by Gasteiger charge is -2.56. The summed E-state index contributed by atoms with van der Waals surface area (Å²) in [7, 11) is -6.23. The first kappa shape index (κ1) is 14.2. The van der Waals surface area contributed by atoms with Crippen molar-refractivity contribution in [2.75, 3.05) is 0 Å². The lowest BCUT2D eigenvalue weighted by molar-refractivity contribution is -0.141. The highest BCUT2D eigenvalue weighted by Gasteiger charge is 2.58. The summed E-state index contributed by atoms with van der Waals surface area (Å²) in [4.78, 5) is 11.5. The average Bonchev–Trinajstić information content (AvgIpc) is 2.24. The molecule has 1 amide bonds. The van der Waals surface area contributed by atoms with E-state index in [-0.39, 0.29) is 0 Å². The van der Waals surface area contributed by atoms with Gasteiger partial charge in [0.1, 0.15) is 0 Å². The zero-order chi connectivity index (χ0) is 14.8. The zero-order valence-electron chi connectivity index (χ0n) is 10.7. The maximum absolute atomic E-state index is 13.2. The number of hydrogen-bond donors (Lipinski definition) is 1. The molecule has 0 heterocycles. The summed E-state index contributed by atoms with van der Waals surface area (Å²) in [5.74, 6) is -0.826. The van der Waals surface area contributed by atoms with Gasteiger partial charge in [-0.2, -0.15) is 17.2 Å². The number of carbonyl (C=O) groups is 1. The Balaban J connectivity index is 1.80. The highest BCUT2D eigenvalue weighted by molar-refractivity contribution is 7.88. The molecule has 4 aliphatic carbocycles. The van der Waals surface area contributed by atoms with Crippen LogP contribution in [-0.2, 0) is 15.0 Å². The molecule has 4 rings (SSSR count). The van der Waals surface area contributed by atoms with Crippen LogP contribution >= 0.6 is 0 Å². The van der Waals surface area contributed by atoms with Gasteiger partial charge in [-0.3, -0.25) is 4.79 Å². The van der Waals surface area contributed by atoms with E-state index >= 15 is 0 Å². The van der Waals surface area contributed by atoms with Crippen molar-refractivity contribution in [2.45, 2.75) is 49.3 Å². The normalized spacial score (nSPS) is 39.9. The van der Waals surface area contributed by atoms with E-state index in [9.17, 15) is 25.9 Å². The van der Waals surface area contributed by atoms with Crippen molar-refractivity contribution in [3.05, 3.63) is 0 Å². The van der Waals surface area contributed by atoms with Gasteiger partial charge in [-0.1, -0.05) is 3.89 Å². The molecule has 8 heteroatoms. The van der Waals surface area contributed by atoms with Crippen LogP contribution in [0, 0.1) is 17.8 Å². The number of halogens is 3. The van der Waals surface area contributed by atoms with Crippen molar-refractivity contribution < 1.29 is 25.9 Å². The van der Waals surface area contributed by atoms with Crippen LogP contribution in [0.4, 0.5) is 12.7 Å². The van der Waals surface area contributed by atoms with Crippen LogP contribution in [0.3, 0.4) is 0 Å². The second-order valence-electron chi connectivity index (χ2n) is 6.61. The lowest BCUT2D eigenvalue weighted by atomic mass is 9.53. The van der Waals surface area contributed by atoms with Gasteiger partial charge >= 0.3 is 21.4 Å². The third kappa shape index (κ3) is 2.12. The third-order valence-corrected chi connectivity index (χ3v) is 5.79. The van der Waals surface area contributed by atoms with Crippen LogP contribution in [-0.4, -0.2) is 25.1 Å². The van der Waals surface area contributed by atoms with Gasteiger partial charge in [0.2, 0.25) is 0 Å². The van der Waals surface area contributed by atoms with Gasteiger partial charge in [0.25, 0.3) is 0 Å². The predicted octanol–water partition coefficient (Wildman–Crippen LogP) is 1.96. The van der Waals surface area contributed by atoms with Crippen molar-refractivity contribution in [1.82, 2.24) is 5.32 Å². The summed E-state index contributed by atoms with van der Waals surface area (Å²) in [5.41, 5.74) is -0.764. The van der Waals surface area contributed by atoms with E-state index in [0.29, 0.717) is 37.0 Å². The Morgan fingerprint density at radius 1 is 1.05 bits per heavy atom. The Morgan fingerprint density at radius 3 is 1.80 bits per heavy atom. The molecule has 0 aromatic carbocycles. The molecule has 20 heavy (non-hydrogen) atoms. The van der Waals surface area contributed by atoms with Gasteiger partial charge in [0.15, 0.2) is 0 Å². The van der Waals surface area contributed by atoms with Crippen LogP contribution in [0.2, 0.25) is 0 Å². The fourth-order valence-electron chi connectivity index (χ4n) is 4.69. The summed E-state index contributed by atoms with van der Waals surface area (Å²) in [5, 5.41) is -2.84. The van der Waals surface area contributed by atoms with E-state index < -0.39 is 26.9 Å². The maximum Gasteiger partial charge on any atom is 0.451 e. The van der Waals surface area contributed by atoms with E-state index in [1.807, 2.05) is 0 Å². The van der Waals surface area contributed by atoms with Crippen molar-refractivity contribution in [3.63, 3.8) is 0 Å². The first-order valence-electron chi connectivity index (χ1n) is 6.76. The van der Waals surface area contributed by atoms with Gasteiger partial charge < -0.3 is 5.32 Å². The first-order chi connectivity index (χ1) is 9.11. The van der Waals surface area contributed by atoms with Crippen LogP contribution in [0.5, 0.6) is 0 Å². The standard InChI is InChI=1S/C12H16F3NO3S/c13-12(14,20(15,18)19)10(17)16-11-4-7-1-8(5-11)3-9(2-7)6-11/h7-9H,1-6H2,(H,16,17). The Bertz CT molecular complexity index is 511. The van der Waals surface area contributed by atoms with Gasteiger partial charge in [-0.25, -0.2) is 0 Å². The minimum atomic E-state index is -6.23. The molecule has 4 nitrogen and oxygen atoms in total. The molecular formula is C12H16F3NO3S. The SMILES string of the molecule is O=C(NC12CC3CC(CC(C3)C1)C2)C(F)(F)S(=O)(=O)F. The van der Waals surface area contributed by atoms with Crippen LogP contribution < -0.4 is 5.32 Å². The monoisotopic (exact) mass is 311 g/mol. The third-order valence-electron chi connectivity index (χ3n) is 4.99. The molecule has 4 saturated carbocycles. The van der Waals surface area contributed by atoms with Crippen LogP contribution in [0.15, 0.2) is 0 Å². The molecule has 4 fully saturated rings. The Morgan fingerprint density at radius 2 is 1.45 bits per heavy atom. The van der Waals surface area contributed by atoms with E-state index in [1.54, 1.807) is 0 Å². The molecule has 0 spiro atoms. The molecule has 0 aromatic rings. The van der Waals surface area contributed by atoms with E-state index in [2.05, 4.69) is 5.32 Å². The first-order valence-corrected chi connectivity index (χ1v) is 8.14. The lowest BCUT2D eigenvalue weighted by Crippen LogP contribution is -2.62. The van der Waals surface area contributed by atoms with Crippen LogP contribution in [0.25, 0.3) is 0 Å². The molecule has 0 saturated heterocycles. The number of hydrogen-bond acceptors (Lipinski definition) is 3. The minimum Gasteiger partial charge on any atom is -0.344 e. The van der Waals surface area contributed by atoms with Crippen molar-refractivity contribution >= 4 is 16.1 Å². The second kappa shape index (κ2) is 4.11. The van der Waals surface area contributed by atoms with Gasteiger partial charge in [-0.15, -0.1) is 0 Å². The molecule has 0 aliphatic heterocycles. The number of carbonyl (C=O) groups excluding carboxylic acids is 1. The minimum absolute atomic E-state index is 0.400. The summed E-state index contributed by atoms with van der Waals surface area (Å²) in [6.45, 7) is 0. The predicted molar refractivity (Wildman–Crippen MR) is 64.0 cm³/mol. The fourth-order valence-corrected chi connectivity index (χ4v) is 4.96. The molecule has 0 aromatic heterocycles. The Kier molecular flexibility index (Phi) is 2.91. The fraction of sp³-hybridized carbons (Fsp3) is 0.917. The van der Waals surface area contributed by atoms with E-state index in [4.69, 9.17) is 0 Å². The van der Waals surface area contributed by atoms with Crippen molar-refractivity contribution in [1.29, 1.82) is 0 Å². The number of rotatable bonds is 3. The number of nitrogens with one attached hydrogen (secondary N) is 1. The Labute approximate surface area is 115 Å². The number of alkyl halides is 2. The summed E-state index contributed by atoms with van der Waals surface area (Å²) in [6, 6.07) is 0. The van der Waals surface area contributed by atoms with Crippen molar-refractivity contribution in [2.24, 2.45) is 17.8 Å². The van der Waals surface area contributed by atoms with E-state index in [1.165, 1.54) is 0 Å². The molecule has 4 aliphatic rings. The molecule has 0 radical (unpaired) electrons. The molecule has 1 N–H and O–H groups in total. The van der Waals surface area contributed by atoms with Gasteiger partial charge in [-0.05, 0) is 56.3 Å². The largest absolute Gasteiger partial charge is 0.451 e. The highest BCUT2D eigenvalue weighted by atomic mass is 32.3. The second-order valence-corrected chi connectivity index (χ2v) is 8.00. The number of amides is 1. The van der Waals surface area contributed by atoms with Crippen molar-refractivity contribution in [3.8, 4) is 0 Å². The molecule has 114 valence electrons. The quantitative estimate of drug-likeness (QED) is 0.811. The summed E-state index contributed by atoms with van der Waals surface area (Å²) >= 11 is 0. The average molecular weight is 311 g/mol. The Hall–Kier alpha value is -0.790. The molecular weight excluding hydrogens is 295 g/mol. The zero-order valence-corrected chi connectivity index (χ0v) is 11.6.